The Labute approximate surface area is 246 Å². The van der Waals surface area contributed by atoms with Crippen LogP contribution < -0.4 is 0 Å². The molecule has 0 aliphatic carbocycles. The van der Waals surface area contributed by atoms with Gasteiger partial charge in [0.15, 0.2) is 5.65 Å². The average Bonchev–Trinajstić information content (AvgIpc) is 3.36. The van der Waals surface area contributed by atoms with Crippen molar-refractivity contribution < 1.29 is 13.2 Å². The van der Waals surface area contributed by atoms with Gasteiger partial charge in [-0.15, -0.1) is 0 Å². The zero-order valence-corrected chi connectivity index (χ0v) is 25.2. The van der Waals surface area contributed by atoms with Gasteiger partial charge in [-0.25, -0.2) is 22.4 Å². The van der Waals surface area contributed by atoms with Gasteiger partial charge in [-0.05, 0) is 86.0 Å². The molecule has 1 aliphatic heterocycles. The van der Waals surface area contributed by atoms with Crippen LogP contribution in [0.1, 0.15) is 32.6 Å². The Morgan fingerprint density at radius 3 is 2.36 bits per heavy atom. The number of carbonyl (C=O) groups is 1. The van der Waals surface area contributed by atoms with Crippen LogP contribution in [0.4, 0.5) is 0 Å². The van der Waals surface area contributed by atoms with E-state index >= 15 is 0 Å². The Morgan fingerprint density at radius 2 is 1.67 bits per heavy atom. The van der Waals surface area contributed by atoms with Crippen LogP contribution in [0.5, 0.6) is 0 Å². The first-order valence-corrected chi connectivity index (χ1v) is 15.3. The van der Waals surface area contributed by atoms with E-state index < -0.39 is 10.0 Å². The van der Waals surface area contributed by atoms with Gasteiger partial charge in [0.1, 0.15) is 5.52 Å². The van der Waals surface area contributed by atoms with Crippen LogP contribution in [-0.2, 0) is 23.0 Å². The maximum Gasteiger partial charge on any atom is 0.269 e. The van der Waals surface area contributed by atoms with Gasteiger partial charge in [0.2, 0.25) is 0 Å². The number of aryl methyl sites for hydroxylation is 2. The van der Waals surface area contributed by atoms with E-state index in [1.54, 1.807) is 62.9 Å². The molecule has 3 heterocycles. The lowest BCUT2D eigenvalue weighted by Gasteiger charge is -2.27. The van der Waals surface area contributed by atoms with Crippen molar-refractivity contribution in [2.75, 3.05) is 27.7 Å². The first kappa shape index (κ1) is 27.8. The Kier molecular flexibility index (Phi) is 6.95. The molecule has 0 radical (unpaired) electrons. The number of nitrogens with zero attached hydrogens (tertiary/aromatic N) is 5. The van der Waals surface area contributed by atoms with Crippen molar-refractivity contribution in [2.45, 2.75) is 31.7 Å². The highest BCUT2D eigenvalue weighted by molar-refractivity contribution is 7.90. The molecule has 0 atom stereocenters. The van der Waals surface area contributed by atoms with Gasteiger partial charge in [-0.2, -0.15) is 0 Å². The van der Waals surface area contributed by atoms with Crippen molar-refractivity contribution in [2.24, 2.45) is 0 Å². The highest BCUT2D eigenvalue weighted by Gasteiger charge is 2.25. The molecule has 9 heteroatoms. The Morgan fingerprint density at radius 1 is 0.952 bits per heavy atom. The van der Waals surface area contributed by atoms with E-state index in [0.717, 1.165) is 36.2 Å². The van der Waals surface area contributed by atoms with Crippen LogP contribution in [0.3, 0.4) is 0 Å². The molecule has 2 aromatic heterocycles. The van der Waals surface area contributed by atoms with Crippen molar-refractivity contribution in [1.29, 1.82) is 0 Å². The van der Waals surface area contributed by atoms with Gasteiger partial charge in [0.05, 0.1) is 16.8 Å². The van der Waals surface area contributed by atoms with E-state index in [-0.39, 0.29) is 16.4 Å². The molecular formula is C33H33N5O3S. The lowest BCUT2D eigenvalue weighted by molar-refractivity contribution is 0.0827. The third kappa shape index (κ3) is 4.88. The molecule has 1 aliphatic rings. The van der Waals surface area contributed by atoms with Crippen LogP contribution in [0.15, 0.2) is 78.0 Å². The van der Waals surface area contributed by atoms with Crippen LogP contribution in [0, 0.1) is 13.8 Å². The first-order valence-electron chi connectivity index (χ1n) is 13.9. The second kappa shape index (κ2) is 10.5. The smallest absolute Gasteiger partial charge is 0.269 e. The number of benzene rings is 3. The number of likely N-dealkylation sites (N-methyl/N-ethyl adjacent to an activating group) is 1. The van der Waals surface area contributed by atoms with E-state index in [9.17, 15) is 13.2 Å². The first-order chi connectivity index (χ1) is 20.0. The second-order valence-corrected chi connectivity index (χ2v) is 13.1. The molecule has 5 aromatic rings. The number of carbonyl (C=O) groups excluding carboxylic acids is 1. The minimum absolute atomic E-state index is 0.110. The van der Waals surface area contributed by atoms with Gasteiger partial charge in [-0.3, -0.25) is 4.79 Å². The summed E-state index contributed by atoms with van der Waals surface area (Å²) in [6, 6.07) is 18.2. The van der Waals surface area contributed by atoms with E-state index in [4.69, 9.17) is 4.98 Å². The Bertz CT molecular complexity index is 1940. The molecule has 214 valence electrons. The number of hydrogen-bond donors (Lipinski definition) is 0. The summed E-state index contributed by atoms with van der Waals surface area (Å²) in [6.45, 7) is 5.95. The van der Waals surface area contributed by atoms with Gasteiger partial charge in [0.25, 0.3) is 15.9 Å². The predicted octanol–water partition coefficient (Wildman–Crippen LogP) is 5.31. The highest BCUT2D eigenvalue weighted by atomic mass is 32.2. The maximum atomic E-state index is 13.9. The molecule has 0 saturated carbocycles. The molecule has 3 aromatic carbocycles. The summed E-state index contributed by atoms with van der Waals surface area (Å²) < 4.78 is 28.9. The predicted molar refractivity (Wildman–Crippen MR) is 165 cm³/mol. The summed E-state index contributed by atoms with van der Waals surface area (Å²) in [5.74, 6) is -0.110. The zero-order chi connectivity index (χ0) is 29.8. The van der Waals surface area contributed by atoms with Crippen molar-refractivity contribution in [3.63, 3.8) is 0 Å². The summed E-state index contributed by atoms with van der Waals surface area (Å²) in [5.41, 5.74) is 9.09. The van der Waals surface area contributed by atoms with Crippen molar-refractivity contribution in [3.8, 4) is 22.4 Å². The summed E-state index contributed by atoms with van der Waals surface area (Å²) in [5, 5.41) is 0. The molecule has 1 amide bonds. The van der Waals surface area contributed by atoms with E-state index in [0.29, 0.717) is 22.3 Å². The summed E-state index contributed by atoms with van der Waals surface area (Å²) in [4.78, 5) is 26.2. The van der Waals surface area contributed by atoms with Crippen molar-refractivity contribution in [1.82, 2.24) is 23.7 Å². The normalized spacial score (nSPS) is 13.7. The van der Waals surface area contributed by atoms with Crippen LogP contribution in [0.2, 0.25) is 0 Å². The molecule has 42 heavy (non-hydrogen) atoms. The van der Waals surface area contributed by atoms with Crippen LogP contribution >= 0.6 is 0 Å². The highest BCUT2D eigenvalue weighted by Crippen LogP contribution is 2.34. The molecule has 8 nitrogen and oxygen atoms in total. The fourth-order valence-corrected chi connectivity index (χ4v) is 6.89. The average molecular weight is 580 g/mol. The fourth-order valence-electron chi connectivity index (χ4n) is 5.58. The number of amides is 1. The molecule has 0 fully saturated rings. The zero-order valence-electron chi connectivity index (χ0n) is 24.4. The molecule has 0 spiro atoms. The van der Waals surface area contributed by atoms with Crippen LogP contribution in [-0.4, -0.2) is 65.8 Å². The summed E-state index contributed by atoms with van der Waals surface area (Å²) in [7, 11) is 1.58. The van der Waals surface area contributed by atoms with E-state index in [2.05, 4.69) is 36.0 Å². The van der Waals surface area contributed by atoms with Gasteiger partial charge in [0, 0.05) is 50.1 Å². The SMILES string of the molecule is Cc1ccc(S(=O)(=O)n2cc(-c3ccc(C(=O)N(C)C)cc3)c3nc(-c4cc(C)c5c(c4)CN(C)CC5)cnc32)cc1. The van der Waals surface area contributed by atoms with Crippen LogP contribution in [0.25, 0.3) is 33.5 Å². The lowest BCUT2D eigenvalue weighted by atomic mass is 9.92. The topological polar surface area (TPSA) is 88.4 Å². The minimum Gasteiger partial charge on any atom is -0.345 e. The quantitative estimate of drug-likeness (QED) is 0.281. The molecule has 6 rings (SSSR count). The second-order valence-electron chi connectivity index (χ2n) is 11.3. The maximum absolute atomic E-state index is 13.9. The standard InChI is InChI=1S/C33H33N5O3S/c1-21-6-12-27(13-7-21)42(40,41)38-20-29(23-8-10-24(11-9-23)33(39)36(3)4)31-32(38)34-18-30(35-31)25-16-22(2)28-14-15-37(5)19-26(28)17-25/h6-13,16-18,20H,14-15,19H2,1-5H3. The minimum atomic E-state index is -3.96. The monoisotopic (exact) mass is 579 g/mol. The molecule has 0 saturated heterocycles. The van der Waals surface area contributed by atoms with Crippen molar-refractivity contribution in [3.05, 3.63) is 101 Å². The Hall–Kier alpha value is -4.34. The molecule has 0 bridgehead atoms. The lowest BCUT2D eigenvalue weighted by Crippen LogP contribution is -2.27. The largest absolute Gasteiger partial charge is 0.345 e. The number of aromatic nitrogens is 3. The fraction of sp³-hybridized carbons (Fsp3) is 0.242. The van der Waals surface area contributed by atoms with Gasteiger partial charge in [-0.1, -0.05) is 29.8 Å². The molecular weight excluding hydrogens is 546 g/mol. The summed E-state index contributed by atoms with van der Waals surface area (Å²) in [6.07, 6.45) is 4.25. The summed E-state index contributed by atoms with van der Waals surface area (Å²) >= 11 is 0. The molecule has 0 N–H and O–H groups in total. The van der Waals surface area contributed by atoms with Crippen molar-refractivity contribution >= 4 is 27.1 Å². The number of hydrogen-bond acceptors (Lipinski definition) is 6. The van der Waals surface area contributed by atoms with E-state index in [1.165, 1.54) is 25.6 Å². The Balaban J connectivity index is 1.54. The van der Waals surface area contributed by atoms with Gasteiger partial charge < -0.3 is 9.80 Å². The number of rotatable bonds is 5. The molecule has 0 unspecified atom stereocenters. The third-order valence-electron chi connectivity index (χ3n) is 7.94. The van der Waals surface area contributed by atoms with E-state index in [1.807, 2.05) is 19.1 Å². The number of fused-ring (bicyclic) bond motifs is 2. The van der Waals surface area contributed by atoms with Gasteiger partial charge >= 0.3 is 0 Å². The third-order valence-corrected chi connectivity index (χ3v) is 9.60.